The first kappa shape index (κ1) is 15.7. The Labute approximate surface area is 140 Å². The van der Waals surface area contributed by atoms with Gasteiger partial charge >= 0.3 is 0 Å². The topological polar surface area (TPSA) is 66.9 Å². The molecule has 0 fully saturated rings. The van der Waals surface area contributed by atoms with Crippen molar-refractivity contribution >= 4 is 23.1 Å². The Kier molecular flexibility index (Phi) is 4.81. The summed E-state index contributed by atoms with van der Waals surface area (Å²) in [5, 5.41) is 6.10. The van der Waals surface area contributed by atoms with E-state index in [0.717, 1.165) is 17.8 Å². The van der Waals surface area contributed by atoms with Crippen LogP contribution in [0.1, 0.15) is 22.8 Å². The lowest BCUT2D eigenvalue weighted by molar-refractivity contribution is 0.102. The van der Waals surface area contributed by atoms with Crippen molar-refractivity contribution in [2.75, 3.05) is 10.6 Å². The minimum Gasteiger partial charge on any atom is -0.354 e. The van der Waals surface area contributed by atoms with Gasteiger partial charge in [0.15, 0.2) is 0 Å². The van der Waals surface area contributed by atoms with E-state index in [0.29, 0.717) is 11.4 Å². The lowest BCUT2D eigenvalue weighted by Gasteiger charge is -2.11. The van der Waals surface area contributed by atoms with Gasteiger partial charge in [-0.25, -0.2) is 4.98 Å². The molecule has 0 saturated carbocycles. The van der Waals surface area contributed by atoms with Gasteiger partial charge in [0.25, 0.3) is 5.91 Å². The largest absolute Gasteiger partial charge is 0.354 e. The highest BCUT2D eigenvalue weighted by atomic mass is 16.1. The molecule has 0 aliphatic heterocycles. The summed E-state index contributed by atoms with van der Waals surface area (Å²) in [5.74, 6) is 0.269. The average molecular weight is 318 g/mol. The van der Waals surface area contributed by atoms with Crippen LogP contribution in [0.4, 0.5) is 17.2 Å². The lowest BCUT2D eigenvalue weighted by Crippen LogP contribution is -2.13. The van der Waals surface area contributed by atoms with Gasteiger partial charge in [0.2, 0.25) is 0 Å². The lowest BCUT2D eigenvalue weighted by atomic mass is 10.1. The summed E-state index contributed by atoms with van der Waals surface area (Å²) in [6, 6.07) is 15.2. The van der Waals surface area contributed by atoms with Crippen LogP contribution >= 0.6 is 0 Å². The van der Waals surface area contributed by atoms with E-state index in [1.54, 1.807) is 30.6 Å². The number of anilines is 3. The number of aryl methyl sites for hydroxylation is 1. The predicted octanol–water partition coefficient (Wildman–Crippen LogP) is 4.03. The fourth-order valence-electron chi connectivity index (χ4n) is 2.33. The molecule has 0 aliphatic carbocycles. The summed E-state index contributed by atoms with van der Waals surface area (Å²) in [7, 11) is 0. The summed E-state index contributed by atoms with van der Waals surface area (Å²) in [4.78, 5) is 20.3. The maximum atomic E-state index is 12.1. The third-order valence-corrected chi connectivity index (χ3v) is 3.61. The fraction of sp³-hybridized carbons (Fsp3) is 0.105. The van der Waals surface area contributed by atoms with Gasteiger partial charge in [-0.1, -0.05) is 25.1 Å². The van der Waals surface area contributed by atoms with E-state index in [4.69, 9.17) is 0 Å². The molecule has 3 aromatic rings. The highest BCUT2D eigenvalue weighted by molar-refractivity contribution is 6.03. The van der Waals surface area contributed by atoms with Crippen LogP contribution in [-0.2, 0) is 6.42 Å². The molecular weight excluding hydrogens is 300 g/mol. The van der Waals surface area contributed by atoms with Gasteiger partial charge < -0.3 is 10.6 Å². The highest BCUT2D eigenvalue weighted by Gasteiger charge is 2.07. The van der Waals surface area contributed by atoms with Crippen LogP contribution in [0.15, 0.2) is 67.1 Å². The number of carbonyl (C=O) groups is 1. The Morgan fingerprint density at radius 2 is 1.92 bits per heavy atom. The van der Waals surface area contributed by atoms with Crippen molar-refractivity contribution in [3.05, 3.63) is 78.2 Å². The maximum Gasteiger partial charge on any atom is 0.258 e. The standard InChI is InChI=1S/C19H18N4O/c1-2-14-6-3-4-8-17(14)22-16-9-10-18(21-13-16)23-19(24)15-7-5-11-20-12-15/h3-13,22H,2H2,1H3,(H,21,23,24). The molecule has 5 nitrogen and oxygen atoms in total. The van der Waals surface area contributed by atoms with Crippen molar-refractivity contribution in [3.63, 3.8) is 0 Å². The molecule has 120 valence electrons. The molecule has 1 amide bonds. The second-order valence-electron chi connectivity index (χ2n) is 5.26. The number of nitrogens with one attached hydrogen (secondary N) is 2. The van der Waals surface area contributed by atoms with Gasteiger partial charge in [-0.05, 0) is 42.3 Å². The molecule has 2 N–H and O–H groups in total. The van der Waals surface area contributed by atoms with Gasteiger partial charge in [0.05, 0.1) is 17.4 Å². The summed E-state index contributed by atoms with van der Waals surface area (Å²) < 4.78 is 0. The minimum atomic E-state index is -0.229. The Morgan fingerprint density at radius 1 is 1.04 bits per heavy atom. The zero-order valence-corrected chi connectivity index (χ0v) is 13.4. The first-order valence-electron chi connectivity index (χ1n) is 7.78. The molecule has 0 unspecified atom stereocenters. The fourth-order valence-corrected chi connectivity index (χ4v) is 2.33. The monoisotopic (exact) mass is 318 g/mol. The summed E-state index contributed by atoms with van der Waals surface area (Å²) >= 11 is 0. The number of aromatic nitrogens is 2. The molecule has 0 bridgehead atoms. The van der Waals surface area contributed by atoms with Crippen molar-refractivity contribution in [2.24, 2.45) is 0 Å². The average Bonchev–Trinajstić information content (AvgIpc) is 2.64. The summed E-state index contributed by atoms with van der Waals surface area (Å²) in [5.41, 5.74) is 3.68. The molecule has 0 saturated heterocycles. The Morgan fingerprint density at radius 3 is 2.62 bits per heavy atom. The smallest absolute Gasteiger partial charge is 0.258 e. The van der Waals surface area contributed by atoms with Gasteiger partial charge in [-0.15, -0.1) is 0 Å². The molecule has 1 aromatic carbocycles. The number of carbonyl (C=O) groups excluding carboxylic acids is 1. The van der Waals surface area contributed by atoms with Crippen molar-refractivity contribution in [2.45, 2.75) is 13.3 Å². The number of hydrogen-bond acceptors (Lipinski definition) is 4. The normalized spacial score (nSPS) is 10.2. The van der Waals surface area contributed by atoms with E-state index in [1.807, 2.05) is 24.3 Å². The van der Waals surface area contributed by atoms with Crippen LogP contribution in [0.2, 0.25) is 0 Å². The van der Waals surface area contributed by atoms with E-state index >= 15 is 0 Å². The van der Waals surface area contributed by atoms with Crippen molar-refractivity contribution in [3.8, 4) is 0 Å². The quantitative estimate of drug-likeness (QED) is 0.745. The second-order valence-corrected chi connectivity index (χ2v) is 5.26. The molecule has 5 heteroatoms. The van der Waals surface area contributed by atoms with E-state index in [2.05, 4.69) is 33.6 Å². The molecule has 0 atom stereocenters. The summed E-state index contributed by atoms with van der Waals surface area (Å²) in [6.07, 6.45) is 5.80. The van der Waals surface area contributed by atoms with Gasteiger partial charge in [-0.2, -0.15) is 0 Å². The molecule has 2 heterocycles. The SMILES string of the molecule is CCc1ccccc1Nc1ccc(NC(=O)c2cccnc2)nc1. The number of para-hydroxylation sites is 1. The molecule has 0 spiro atoms. The number of amides is 1. The second kappa shape index (κ2) is 7.37. The van der Waals surface area contributed by atoms with Crippen LogP contribution in [0, 0.1) is 0 Å². The zero-order chi connectivity index (χ0) is 16.8. The molecular formula is C19H18N4O. The maximum absolute atomic E-state index is 12.1. The Balaban J connectivity index is 1.68. The number of pyridine rings is 2. The van der Waals surface area contributed by atoms with Gasteiger partial charge in [0, 0.05) is 18.1 Å². The van der Waals surface area contributed by atoms with Crippen molar-refractivity contribution in [1.29, 1.82) is 0 Å². The Hall–Kier alpha value is -3.21. The first-order valence-corrected chi connectivity index (χ1v) is 7.78. The number of nitrogens with zero attached hydrogens (tertiary/aromatic N) is 2. The van der Waals surface area contributed by atoms with Crippen LogP contribution in [0.25, 0.3) is 0 Å². The Bertz CT molecular complexity index is 816. The third kappa shape index (κ3) is 3.76. The van der Waals surface area contributed by atoms with Crippen molar-refractivity contribution in [1.82, 2.24) is 9.97 Å². The number of hydrogen-bond donors (Lipinski definition) is 2. The van der Waals surface area contributed by atoms with Crippen LogP contribution in [-0.4, -0.2) is 15.9 Å². The first-order chi connectivity index (χ1) is 11.8. The van der Waals surface area contributed by atoms with Crippen LogP contribution < -0.4 is 10.6 Å². The molecule has 24 heavy (non-hydrogen) atoms. The van der Waals surface area contributed by atoms with E-state index in [-0.39, 0.29) is 5.91 Å². The predicted molar refractivity (Wildman–Crippen MR) is 95.5 cm³/mol. The van der Waals surface area contributed by atoms with E-state index in [1.165, 1.54) is 11.8 Å². The van der Waals surface area contributed by atoms with Gasteiger partial charge in [-0.3, -0.25) is 9.78 Å². The highest BCUT2D eigenvalue weighted by Crippen LogP contribution is 2.21. The molecule has 0 radical (unpaired) electrons. The molecule has 2 aromatic heterocycles. The van der Waals surface area contributed by atoms with Crippen LogP contribution in [0.5, 0.6) is 0 Å². The molecule has 0 aliphatic rings. The summed E-state index contributed by atoms with van der Waals surface area (Å²) in [6.45, 7) is 2.12. The number of rotatable bonds is 5. The third-order valence-electron chi connectivity index (χ3n) is 3.61. The van der Waals surface area contributed by atoms with Crippen molar-refractivity contribution < 1.29 is 4.79 Å². The van der Waals surface area contributed by atoms with Crippen LogP contribution in [0.3, 0.4) is 0 Å². The number of benzene rings is 1. The van der Waals surface area contributed by atoms with E-state index < -0.39 is 0 Å². The van der Waals surface area contributed by atoms with Gasteiger partial charge in [0.1, 0.15) is 5.82 Å². The molecule has 3 rings (SSSR count). The minimum absolute atomic E-state index is 0.229. The van der Waals surface area contributed by atoms with E-state index in [9.17, 15) is 4.79 Å². The zero-order valence-electron chi connectivity index (χ0n) is 13.4.